The van der Waals surface area contributed by atoms with Crippen LogP contribution in [0.25, 0.3) is 10.6 Å². The van der Waals surface area contributed by atoms with Crippen LogP contribution >= 0.6 is 22.9 Å². The number of hydrogen-bond donors (Lipinski definition) is 2. The third-order valence-electron chi connectivity index (χ3n) is 3.15. The van der Waals surface area contributed by atoms with Crippen LogP contribution in [0.3, 0.4) is 0 Å². The Labute approximate surface area is 167 Å². The van der Waals surface area contributed by atoms with E-state index in [1.165, 1.54) is 11.3 Å². The Bertz CT molecular complexity index is 803. The van der Waals surface area contributed by atoms with Gasteiger partial charge in [0.05, 0.1) is 18.7 Å². The van der Waals surface area contributed by atoms with E-state index in [4.69, 9.17) is 16.7 Å². The van der Waals surface area contributed by atoms with Crippen molar-refractivity contribution in [3.63, 3.8) is 0 Å². The zero-order valence-corrected chi connectivity index (χ0v) is 17.1. The molecule has 1 aromatic carbocycles. The van der Waals surface area contributed by atoms with Gasteiger partial charge in [-0.05, 0) is 32.9 Å². The summed E-state index contributed by atoms with van der Waals surface area (Å²) in [4.78, 5) is 26.7. The summed E-state index contributed by atoms with van der Waals surface area (Å²) in [6, 6.07) is 7.35. The van der Waals surface area contributed by atoms with Gasteiger partial charge in [-0.15, -0.1) is 11.3 Å². The summed E-state index contributed by atoms with van der Waals surface area (Å²) in [5, 5.41) is 13.9. The van der Waals surface area contributed by atoms with Crippen LogP contribution in [0.4, 0.5) is 0 Å². The Hall–Kier alpha value is -2.45. The highest BCUT2D eigenvalue weighted by Crippen LogP contribution is 2.28. The van der Waals surface area contributed by atoms with Crippen molar-refractivity contribution in [3.05, 3.63) is 39.9 Å². The molecular formula is C18H22ClN3O4S. The Balaban J connectivity index is 0.000000314. The Morgan fingerprint density at radius 1 is 1.33 bits per heavy atom. The number of hydrogen-bond acceptors (Lipinski definition) is 7. The van der Waals surface area contributed by atoms with Crippen LogP contribution in [0.1, 0.15) is 24.4 Å². The molecule has 0 aliphatic heterocycles. The number of rotatable bonds is 6. The normalized spacial score (nSPS) is 10.6. The van der Waals surface area contributed by atoms with E-state index in [2.05, 4.69) is 20.2 Å². The molecule has 0 bridgehead atoms. The second-order valence-corrected chi connectivity index (χ2v) is 6.88. The summed E-state index contributed by atoms with van der Waals surface area (Å²) in [7, 11) is 1.63. The highest BCUT2D eigenvalue weighted by atomic mass is 35.5. The number of aliphatic carboxylic acids is 1. The van der Waals surface area contributed by atoms with Crippen LogP contribution in [0.5, 0.6) is 0 Å². The number of esters is 1. The molecule has 9 heteroatoms. The van der Waals surface area contributed by atoms with Crippen molar-refractivity contribution in [2.45, 2.75) is 27.2 Å². The van der Waals surface area contributed by atoms with Crippen LogP contribution in [0, 0.1) is 6.92 Å². The van der Waals surface area contributed by atoms with E-state index in [0.29, 0.717) is 23.0 Å². The fourth-order valence-corrected chi connectivity index (χ4v) is 2.96. The third kappa shape index (κ3) is 7.76. The SMILES string of the molecule is CCOC(=O)/C(C)=N/NC.Cc1sc(-c2ccc(Cl)cc2)nc1CC(=O)O. The van der Waals surface area contributed by atoms with Gasteiger partial charge in [0.2, 0.25) is 0 Å². The molecule has 0 atom stereocenters. The minimum atomic E-state index is -0.860. The zero-order valence-electron chi connectivity index (χ0n) is 15.6. The van der Waals surface area contributed by atoms with Crippen molar-refractivity contribution >= 4 is 40.6 Å². The largest absolute Gasteiger partial charge is 0.481 e. The van der Waals surface area contributed by atoms with Crippen LogP contribution < -0.4 is 5.43 Å². The number of carbonyl (C=O) groups is 2. The minimum absolute atomic E-state index is 0.0318. The number of carboxylic acids is 1. The topological polar surface area (TPSA) is 101 Å². The van der Waals surface area contributed by atoms with E-state index in [0.717, 1.165) is 15.4 Å². The average molecular weight is 412 g/mol. The maximum atomic E-state index is 10.7. The lowest BCUT2D eigenvalue weighted by molar-refractivity contribution is -0.136. The van der Waals surface area contributed by atoms with Gasteiger partial charge < -0.3 is 15.3 Å². The highest BCUT2D eigenvalue weighted by molar-refractivity contribution is 7.15. The maximum absolute atomic E-state index is 10.7. The number of carboxylic acid groups (broad SMARTS) is 1. The summed E-state index contributed by atoms with van der Waals surface area (Å²) in [5.74, 6) is -1.24. The van der Waals surface area contributed by atoms with Gasteiger partial charge in [-0.2, -0.15) is 5.10 Å². The molecule has 2 aromatic rings. The number of hydrazone groups is 1. The molecule has 2 N–H and O–H groups in total. The predicted molar refractivity (Wildman–Crippen MR) is 107 cm³/mol. The number of aromatic nitrogens is 1. The maximum Gasteiger partial charge on any atom is 0.354 e. The first-order valence-corrected chi connectivity index (χ1v) is 9.30. The molecule has 0 aliphatic rings. The summed E-state index contributed by atoms with van der Waals surface area (Å²) in [5.41, 5.74) is 4.42. The van der Waals surface area contributed by atoms with Gasteiger partial charge >= 0.3 is 11.9 Å². The van der Waals surface area contributed by atoms with Crippen LogP contribution in [-0.4, -0.2) is 41.4 Å². The Morgan fingerprint density at radius 2 is 1.96 bits per heavy atom. The molecule has 0 amide bonds. The lowest BCUT2D eigenvalue weighted by Crippen LogP contribution is -2.16. The summed E-state index contributed by atoms with van der Waals surface area (Å²) in [6.07, 6.45) is -0.0318. The molecule has 0 aliphatic carbocycles. The van der Waals surface area contributed by atoms with Crippen molar-refractivity contribution in [3.8, 4) is 10.6 Å². The molecule has 7 nitrogen and oxygen atoms in total. The van der Waals surface area contributed by atoms with E-state index in [-0.39, 0.29) is 12.4 Å². The second-order valence-electron chi connectivity index (χ2n) is 5.24. The Morgan fingerprint density at radius 3 is 2.48 bits per heavy atom. The fourth-order valence-electron chi connectivity index (χ4n) is 1.90. The first-order valence-electron chi connectivity index (χ1n) is 8.10. The summed E-state index contributed by atoms with van der Waals surface area (Å²) < 4.78 is 4.65. The van der Waals surface area contributed by atoms with Crippen LogP contribution in [0.2, 0.25) is 5.02 Å². The predicted octanol–water partition coefficient (Wildman–Crippen LogP) is 3.54. The van der Waals surface area contributed by atoms with E-state index >= 15 is 0 Å². The quantitative estimate of drug-likeness (QED) is 0.428. The number of nitrogens with zero attached hydrogens (tertiary/aromatic N) is 2. The molecule has 0 saturated heterocycles. The van der Waals surface area contributed by atoms with Crippen molar-refractivity contribution in [2.75, 3.05) is 13.7 Å². The molecule has 27 heavy (non-hydrogen) atoms. The number of halogens is 1. The minimum Gasteiger partial charge on any atom is -0.481 e. The number of carbonyl (C=O) groups excluding carboxylic acids is 1. The monoisotopic (exact) mass is 411 g/mol. The van der Waals surface area contributed by atoms with Gasteiger partial charge in [0.25, 0.3) is 0 Å². The van der Waals surface area contributed by atoms with E-state index in [1.807, 2.05) is 19.1 Å². The van der Waals surface area contributed by atoms with Gasteiger partial charge in [0.15, 0.2) is 0 Å². The number of aryl methyl sites for hydroxylation is 1. The van der Waals surface area contributed by atoms with Crippen molar-refractivity contribution in [1.82, 2.24) is 10.4 Å². The van der Waals surface area contributed by atoms with Gasteiger partial charge in [-0.1, -0.05) is 23.7 Å². The number of nitrogens with one attached hydrogen (secondary N) is 1. The van der Waals surface area contributed by atoms with Gasteiger partial charge in [-0.25, -0.2) is 9.78 Å². The lowest BCUT2D eigenvalue weighted by Gasteiger charge is -1.98. The Kier molecular flexibility index (Phi) is 9.46. The van der Waals surface area contributed by atoms with Crippen molar-refractivity contribution < 1.29 is 19.4 Å². The van der Waals surface area contributed by atoms with Crippen molar-refractivity contribution in [2.24, 2.45) is 5.10 Å². The van der Waals surface area contributed by atoms with Gasteiger partial charge in [0.1, 0.15) is 10.7 Å². The summed E-state index contributed by atoms with van der Waals surface area (Å²) >= 11 is 7.31. The molecule has 2 rings (SSSR count). The molecule has 1 aromatic heterocycles. The molecule has 0 radical (unpaired) electrons. The van der Waals surface area contributed by atoms with E-state index < -0.39 is 5.97 Å². The zero-order chi connectivity index (χ0) is 20.4. The van der Waals surface area contributed by atoms with Gasteiger partial charge in [0, 0.05) is 22.5 Å². The second kappa shape index (κ2) is 11.3. The summed E-state index contributed by atoms with van der Waals surface area (Å²) in [6.45, 7) is 5.61. The molecule has 0 spiro atoms. The van der Waals surface area contributed by atoms with Crippen LogP contribution in [-0.2, 0) is 20.7 Å². The molecule has 0 unspecified atom stereocenters. The molecule has 0 fully saturated rings. The standard InChI is InChI=1S/C12H10ClNO2S.C6H12N2O2/c1-7-10(6-11(15)16)14-12(17-7)8-2-4-9(13)5-3-8;1-4-10-6(9)5(2)8-7-3/h2-5H,6H2,1H3,(H,15,16);7H,4H2,1-3H3/b;8-5+. The van der Waals surface area contributed by atoms with Gasteiger partial charge in [-0.3, -0.25) is 4.79 Å². The molecule has 0 saturated carbocycles. The average Bonchev–Trinajstić information content (AvgIpc) is 2.96. The van der Waals surface area contributed by atoms with Crippen molar-refractivity contribution in [1.29, 1.82) is 0 Å². The van der Waals surface area contributed by atoms with E-state index in [9.17, 15) is 9.59 Å². The molecule has 1 heterocycles. The van der Waals surface area contributed by atoms with Crippen LogP contribution in [0.15, 0.2) is 29.4 Å². The van der Waals surface area contributed by atoms with E-state index in [1.54, 1.807) is 33.0 Å². The molecular weight excluding hydrogens is 390 g/mol. The fraction of sp³-hybridized carbons (Fsp3) is 0.333. The smallest absolute Gasteiger partial charge is 0.354 e. The first kappa shape index (κ1) is 22.6. The number of benzene rings is 1. The molecule has 146 valence electrons. The number of ether oxygens (including phenoxy) is 1. The third-order valence-corrected chi connectivity index (χ3v) is 4.47. The first-order chi connectivity index (χ1) is 12.8. The number of thiazole rings is 1. The lowest BCUT2D eigenvalue weighted by atomic mass is 10.2. The highest BCUT2D eigenvalue weighted by Gasteiger charge is 2.12.